The van der Waals surface area contributed by atoms with Crippen molar-refractivity contribution in [3.8, 4) is 0 Å². The molecule has 1 aliphatic rings. The minimum absolute atomic E-state index is 0.0593. The van der Waals surface area contributed by atoms with Gasteiger partial charge in [-0.05, 0) is 42.5 Å². The van der Waals surface area contributed by atoms with E-state index in [-0.39, 0.29) is 18.5 Å². The molecular weight excluding hydrogens is 342 g/mol. The Labute approximate surface area is 156 Å². The molecule has 1 N–H and O–H groups in total. The van der Waals surface area contributed by atoms with E-state index in [0.29, 0.717) is 11.0 Å². The second kappa shape index (κ2) is 6.87. The summed E-state index contributed by atoms with van der Waals surface area (Å²) in [7, 11) is 1.56. The van der Waals surface area contributed by atoms with Gasteiger partial charge < -0.3 is 9.88 Å². The van der Waals surface area contributed by atoms with Crippen LogP contribution in [0.1, 0.15) is 30.0 Å². The van der Waals surface area contributed by atoms with Gasteiger partial charge in [0.1, 0.15) is 6.54 Å². The highest BCUT2D eigenvalue weighted by Crippen LogP contribution is 2.29. The van der Waals surface area contributed by atoms with Gasteiger partial charge in [-0.3, -0.25) is 19.0 Å². The van der Waals surface area contributed by atoms with Crippen molar-refractivity contribution in [2.24, 2.45) is 7.05 Å². The van der Waals surface area contributed by atoms with Crippen LogP contribution >= 0.6 is 0 Å². The quantitative estimate of drug-likeness (QED) is 0.723. The molecule has 0 radical (unpaired) electrons. The Kier molecular flexibility index (Phi) is 4.39. The molecule has 0 fully saturated rings. The Hall–Kier alpha value is -3.15. The predicted octanol–water partition coefficient (Wildman–Crippen LogP) is 1.89. The first-order valence-corrected chi connectivity index (χ1v) is 9.12. The van der Waals surface area contributed by atoms with E-state index in [1.807, 2.05) is 18.2 Å². The number of fused-ring (bicyclic) bond motifs is 2. The fraction of sp³-hybridized carbons (Fsp3) is 0.286. The smallest absolute Gasteiger partial charge is 0.317 e. The molecule has 0 spiro atoms. The lowest BCUT2D eigenvalue weighted by atomic mass is 9.88. The van der Waals surface area contributed by atoms with Gasteiger partial charge >= 0.3 is 11.1 Å². The number of hydrogen-bond acceptors (Lipinski definition) is 3. The van der Waals surface area contributed by atoms with Gasteiger partial charge in [0.15, 0.2) is 0 Å². The van der Waals surface area contributed by atoms with Gasteiger partial charge in [-0.1, -0.05) is 36.4 Å². The number of aromatic nitrogens is 2. The van der Waals surface area contributed by atoms with Gasteiger partial charge in [-0.25, -0.2) is 0 Å². The Balaban J connectivity index is 1.65. The Morgan fingerprint density at radius 1 is 1.04 bits per heavy atom. The van der Waals surface area contributed by atoms with Gasteiger partial charge in [0.2, 0.25) is 5.91 Å². The van der Waals surface area contributed by atoms with Crippen molar-refractivity contribution in [1.82, 2.24) is 14.5 Å². The predicted molar refractivity (Wildman–Crippen MR) is 104 cm³/mol. The van der Waals surface area contributed by atoms with E-state index < -0.39 is 11.1 Å². The summed E-state index contributed by atoms with van der Waals surface area (Å²) in [4.78, 5) is 37.4. The molecule has 1 aliphatic carbocycles. The van der Waals surface area contributed by atoms with Crippen LogP contribution in [0, 0.1) is 0 Å². The molecule has 6 heteroatoms. The van der Waals surface area contributed by atoms with Crippen molar-refractivity contribution in [2.45, 2.75) is 31.8 Å². The van der Waals surface area contributed by atoms with E-state index in [2.05, 4.69) is 11.4 Å². The normalized spacial score (nSPS) is 16.1. The molecule has 1 atom stereocenters. The first kappa shape index (κ1) is 17.3. The maximum atomic E-state index is 12.7. The van der Waals surface area contributed by atoms with Crippen LogP contribution in [0.5, 0.6) is 0 Å². The zero-order valence-electron chi connectivity index (χ0n) is 15.1. The third kappa shape index (κ3) is 3.07. The minimum atomic E-state index is -0.685. The summed E-state index contributed by atoms with van der Waals surface area (Å²) in [5.74, 6) is -0.266. The van der Waals surface area contributed by atoms with Crippen LogP contribution in [0.4, 0.5) is 0 Å². The van der Waals surface area contributed by atoms with E-state index in [1.165, 1.54) is 14.7 Å². The highest BCUT2D eigenvalue weighted by Gasteiger charge is 2.22. The number of nitrogens with one attached hydrogen (secondary N) is 1. The molecule has 1 amide bonds. The van der Waals surface area contributed by atoms with Crippen molar-refractivity contribution in [2.75, 3.05) is 0 Å². The van der Waals surface area contributed by atoms with Gasteiger partial charge in [0.05, 0.1) is 17.1 Å². The van der Waals surface area contributed by atoms with E-state index in [9.17, 15) is 14.4 Å². The number of amides is 1. The number of carbonyl (C=O) groups is 1. The first-order valence-electron chi connectivity index (χ1n) is 9.12. The summed E-state index contributed by atoms with van der Waals surface area (Å²) in [6, 6.07) is 15.2. The van der Waals surface area contributed by atoms with E-state index in [0.717, 1.165) is 24.8 Å². The van der Waals surface area contributed by atoms with Gasteiger partial charge in [0, 0.05) is 7.05 Å². The van der Waals surface area contributed by atoms with Crippen LogP contribution < -0.4 is 16.4 Å². The van der Waals surface area contributed by atoms with Crippen molar-refractivity contribution in [1.29, 1.82) is 0 Å². The van der Waals surface area contributed by atoms with Gasteiger partial charge in [0.25, 0.3) is 0 Å². The van der Waals surface area contributed by atoms with Crippen molar-refractivity contribution < 1.29 is 4.79 Å². The van der Waals surface area contributed by atoms with Crippen LogP contribution in [0.25, 0.3) is 11.0 Å². The third-order valence-corrected chi connectivity index (χ3v) is 5.27. The summed E-state index contributed by atoms with van der Waals surface area (Å²) < 4.78 is 2.59. The lowest BCUT2D eigenvalue weighted by molar-refractivity contribution is -0.122. The number of benzene rings is 2. The van der Waals surface area contributed by atoms with Crippen molar-refractivity contribution in [3.63, 3.8) is 0 Å². The first-order chi connectivity index (χ1) is 13.1. The maximum absolute atomic E-state index is 12.7. The second-order valence-electron chi connectivity index (χ2n) is 6.96. The highest BCUT2D eigenvalue weighted by molar-refractivity contribution is 5.80. The van der Waals surface area contributed by atoms with E-state index in [4.69, 9.17) is 0 Å². The lowest BCUT2D eigenvalue weighted by Crippen LogP contribution is -2.43. The zero-order valence-corrected chi connectivity index (χ0v) is 15.1. The van der Waals surface area contributed by atoms with Crippen LogP contribution in [-0.4, -0.2) is 15.0 Å². The summed E-state index contributed by atoms with van der Waals surface area (Å²) in [5.41, 5.74) is 2.27. The highest BCUT2D eigenvalue weighted by atomic mass is 16.2. The number of para-hydroxylation sites is 2. The molecule has 0 bridgehead atoms. The summed E-state index contributed by atoms with van der Waals surface area (Å²) >= 11 is 0. The zero-order chi connectivity index (χ0) is 19.0. The molecule has 138 valence electrons. The molecule has 6 nitrogen and oxygen atoms in total. The molecular formula is C21H21N3O3. The molecule has 1 aromatic heterocycles. The average Bonchev–Trinajstić information content (AvgIpc) is 2.70. The molecule has 0 saturated heterocycles. The van der Waals surface area contributed by atoms with Crippen molar-refractivity contribution >= 4 is 16.9 Å². The van der Waals surface area contributed by atoms with E-state index in [1.54, 1.807) is 31.3 Å². The Bertz CT molecular complexity index is 1140. The third-order valence-electron chi connectivity index (χ3n) is 5.27. The monoisotopic (exact) mass is 363 g/mol. The molecule has 2 aromatic carbocycles. The minimum Gasteiger partial charge on any atom is -0.348 e. The van der Waals surface area contributed by atoms with Gasteiger partial charge in [-0.15, -0.1) is 0 Å². The van der Waals surface area contributed by atoms with Crippen LogP contribution in [0.15, 0.2) is 58.1 Å². The standard InChI is InChI=1S/C21H21N3O3/c1-23-17-11-4-5-12-18(17)24(21(27)20(23)26)13-19(25)22-16-10-6-8-14-7-2-3-9-15(14)16/h2-5,7,9,11-12,16H,6,8,10,13H2,1H3,(H,22,25). The average molecular weight is 363 g/mol. The summed E-state index contributed by atoms with van der Waals surface area (Å²) in [5, 5.41) is 3.04. The fourth-order valence-electron chi connectivity index (χ4n) is 3.90. The SMILES string of the molecule is Cn1c(=O)c(=O)n(CC(=O)NC2CCCc3ccccc32)c2ccccc21. The van der Waals surface area contributed by atoms with Crippen LogP contribution in [0.3, 0.4) is 0 Å². The molecule has 0 aliphatic heterocycles. The largest absolute Gasteiger partial charge is 0.348 e. The molecule has 3 aromatic rings. The molecule has 4 rings (SSSR count). The number of hydrogen-bond donors (Lipinski definition) is 1. The number of carbonyl (C=O) groups excluding carboxylic acids is 1. The number of aryl methyl sites for hydroxylation is 2. The second-order valence-corrected chi connectivity index (χ2v) is 6.96. The lowest BCUT2D eigenvalue weighted by Gasteiger charge is -2.26. The summed E-state index contributed by atoms with van der Waals surface area (Å²) in [6.45, 7) is -0.173. The Morgan fingerprint density at radius 2 is 1.74 bits per heavy atom. The maximum Gasteiger partial charge on any atom is 0.317 e. The molecule has 0 saturated carbocycles. The molecule has 27 heavy (non-hydrogen) atoms. The fourth-order valence-corrected chi connectivity index (χ4v) is 3.90. The number of rotatable bonds is 3. The van der Waals surface area contributed by atoms with E-state index >= 15 is 0 Å². The summed E-state index contributed by atoms with van der Waals surface area (Å²) in [6.07, 6.45) is 2.90. The van der Waals surface area contributed by atoms with Crippen LogP contribution in [-0.2, 0) is 24.8 Å². The van der Waals surface area contributed by atoms with Crippen LogP contribution in [0.2, 0.25) is 0 Å². The number of nitrogens with zero attached hydrogens (tertiary/aromatic N) is 2. The topological polar surface area (TPSA) is 73.1 Å². The Morgan fingerprint density at radius 3 is 2.56 bits per heavy atom. The van der Waals surface area contributed by atoms with Crippen molar-refractivity contribution in [3.05, 3.63) is 80.4 Å². The van der Waals surface area contributed by atoms with Gasteiger partial charge in [-0.2, -0.15) is 0 Å². The molecule has 1 unspecified atom stereocenters. The molecule has 1 heterocycles.